The van der Waals surface area contributed by atoms with Gasteiger partial charge in [-0.3, -0.25) is 4.79 Å². The van der Waals surface area contributed by atoms with Gasteiger partial charge in [0.15, 0.2) is 0 Å². The fourth-order valence-electron chi connectivity index (χ4n) is 2.25. The number of ketones is 1. The molecule has 0 spiro atoms. The normalized spacial score (nSPS) is 13.1. The summed E-state index contributed by atoms with van der Waals surface area (Å²) in [7, 11) is 0. The van der Waals surface area contributed by atoms with Gasteiger partial charge in [-0.25, -0.2) is 4.39 Å². The Hall–Kier alpha value is -1.18. The van der Waals surface area contributed by atoms with Gasteiger partial charge in [0.1, 0.15) is 11.6 Å². The summed E-state index contributed by atoms with van der Waals surface area (Å²) in [6.45, 7) is 8.15. The van der Waals surface area contributed by atoms with E-state index in [2.05, 4.69) is 13.8 Å². The van der Waals surface area contributed by atoms with Gasteiger partial charge in [-0.05, 0) is 36.5 Å². The van der Waals surface area contributed by atoms with E-state index >= 15 is 0 Å². The minimum Gasteiger partial charge on any atom is -0.299 e. The lowest BCUT2D eigenvalue weighted by Gasteiger charge is -2.20. The molecule has 0 bridgehead atoms. The third-order valence-electron chi connectivity index (χ3n) is 3.12. The zero-order valence-electron chi connectivity index (χ0n) is 11.7. The van der Waals surface area contributed by atoms with Crippen molar-refractivity contribution in [2.24, 2.45) is 17.8 Å². The quantitative estimate of drug-likeness (QED) is 0.737. The van der Waals surface area contributed by atoms with E-state index in [1.54, 1.807) is 12.1 Å². The van der Waals surface area contributed by atoms with Crippen LogP contribution >= 0.6 is 0 Å². The molecule has 0 aliphatic rings. The third-order valence-corrected chi connectivity index (χ3v) is 3.12. The second kappa shape index (κ2) is 6.67. The summed E-state index contributed by atoms with van der Waals surface area (Å²) >= 11 is 0. The zero-order valence-corrected chi connectivity index (χ0v) is 11.7. The SMILES string of the molecule is CC(C)CC(Cc1ccc(F)cc1)C(=O)C(C)C. The van der Waals surface area contributed by atoms with Gasteiger partial charge in [0.2, 0.25) is 0 Å². The molecule has 1 aromatic rings. The predicted molar refractivity (Wildman–Crippen MR) is 72.9 cm³/mol. The summed E-state index contributed by atoms with van der Waals surface area (Å²) in [6.07, 6.45) is 1.61. The zero-order chi connectivity index (χ0) is 13.7. The lowest BCUT2D eigenvalue weighted by Crippen LogP contribution is -2.23. The Morgan fingerprint density at radius 3 is 2.11 bits per heavy atom. The second-order valence-corrected chi connectivity index (χ2v) is 5.71. The molecular formula is C16H23FO. The Bertz CT molecular complexity index is 379. The highest BCUT2D eigenvalue weighted by molar-refractivity contribution is 5.83. The van der Waals surface area contributed by atoms with Crippen LogP contribution in [0.25, 0.3) is 0 Å². The number of benzene rings is 1. The highest BCUT2D eigenvalue weighted by Gasteiger charge is 2.22. The van der Waals surface area contributed by atoms with Crippen molar-refractivity contribution in [3.63, 3.8) is 0 Å². The van der Waals surface area contributed by atoms with Crippen LogP contribution in [0.4, 0.5) is 4.39 Å². The lowest BCUT2D eigenvalue weighted by molar-refractivity contribution is -0.126. The van der Waals surface area contributed by atoms with Crippen LogP contribution in [0.2, 0.25) is 0 Å². The van der Waals surface area contributed by atoms with E-state index < -0.39 is 0 Å². The summed E-state index contributed by atoms with van der Waals surface area (Å²) in [4.78, 5) is 12.2. The summed E-state index contributed by atoms with van der Waals surface area (Å²) < 4.78 is 12.9. The van der Waals surface area contributed by atoms with Gasteiger partial charge in [-0.2, -0.15) is 0 Å². The average Bonchev–Trinajstić information content (AvgIpc) is 2.29. The van der Waals surface area contributed by atoms with Crippen LogP contribution in [0.3, 0.4) is 0 Å². The lowest BCUT2D eigenvalue weighted by atomic mass is 9.84. The Kier molecular flexibility index (Phi) is 5.52. The van der Waals surface area contributed by atoms with Crippen molar-refractivity contribution in [2.75, 3.05) is 0 Å². The molecule has 1 nitrogen and oxygen atoms in total. The molecule has 0 fully saturated rings. The summed E-state index contributed by atoms with van der Waals surface area (Å²) in [5, 5.41) is 0. The van der Waals surface area contributed by atoms with Crippen molar-refractivity contribution < 1.29 is 9.18 Å². The maximum absolute atomic E-state index is 12.9. The monoisotopic (exact) mass is 250 g/mol. The molecule has 0 N–H and O–H groups in total. The highest BCUT2D eigenvalue weighted by atomic mass is 19.1. The number of rotatable bonds is 6. The van der Waals surface area contributed by atoms with Crippen molar-refractivity contribution in [1.29, 1.82) is 0 Å². The topological polar surface area (TPSA) is 17.1 Å². The minimum absolute atomic E-state index is 0.0514. The fourth-order valence-corrected chi connectivity index (χ4v) is 2.25. The molecular weight excluding hydrogens is 227 g/mol. The smallest absolute Gasteiger partial charge is 0.138 e. The van der Waals surface area contributed by atoms with Gasteiger partial charge in [0.05, 0.1) is 0 Å². The minimum atomic E-state index is -0.227. The maximum atomic E-state index is 12.9. The summed E-state index contributed by atoms with van der Waals surface area (Å²) in [6, 6.07) is 6.47. The van der Waals surface area contributed by atoms with Gasteiger partial charge in [-0.15, -0.1) is 0 Å². The molecule has 0 aliphatic heterocycles. The summed E-state index contributed by atoms with van der Waals surface area (Å²) in [5.41, 5.74) is 1.04. The van der Waals surface area contributed by atoms with Gasteiger partial charge in [-0.1, -0.05) is 39.8 Å². The largest absolute Gasteiger partial charge is 0.299 e. The fraction of sp³-hybridized carbons (Fsp3) is 0.562. The van der Waals surface area contributed by atoms with Gasteiger partial charge in [0, 0.05) is 11.8 Å². The number of halogens is 1. The number of hydrogen-bond donors (Lipinski definition) is 0. The van der Waals surface area contributed by atoms with Crippen molar-refractivity contribution in [2.45, 2.75) is 40.5 Å². The number of carbonyl (C=O) groups excluding carboxylic acids is 1. The number of hydrogen-bond acceptors (Lipinski definition) is 1. The van der Waals surface area contributed by atoms with Gasteiger partial charge in [0.25, 0.3) is 0 Å². The standard InChI is InChI=1S/C16H23FO/c1-11(2)9-14(16(18)12(3)4)10-13-5-7-15(17)8-6-13/h5-8,11-12,14H,9-10H2,1-4H3. The molecule has 2 heteroatoms. The number of Topliss-reactive ketones (excluding diaryl/α,β-unsaturated/α-hetero) is 1. The molecule has 0 amide bonds. The Morgan fingerprint density at radius 1 is 1.11 bits per heavy atom. The second-order valence-electron chi connectivity index (χ2n) is 5.71. The van der Waals surface area contributed by atoms with Gasteiger partial charge >= 0.3 is 0 Å². The number of carbonyl (C=O) groups is 1. The van der Waals surface area contributed by atoms with Crippen LogP contribution in [-0.2, 0) is 11.2 Å². The van der Waals surface area contributed by atoms with E-state index in [9.17, 15) is 9.18 Å². The Morgan fingerprint density at radius 2 is 1.67 bits per heavy atom. The van der Waals surface area contributed by atoms with E-state index in [0.29, 0.717) is 11.7 Å². The average molecular weight is 250 g/mol. The van der Waals surface area contributed by atoms with Crippen LogP contribution in [0.5, 0.6) is 0 Å². The molecule has 0 heterocycles. The van der Waals surface area contributed by atoms with Crippen molar-refractivity contribution in [3.8, 4) is 0 Å². The Labute approximate surface area is 109 Å². The van der Waals surface area contributed by atoms with E-state index in [0.717, 1.165) is 18.4 Å². The molecule has 1 aromatic carbocycles. The van der Waals surface area contributed by atoms with Crippen molar-refractivity contribution in [1.82, 2.24) is 0 Å². The molecule has 0 saturated heterocycles. The van der Waals surface area contributed by atoms with Gasteiger partial charge < -0.3 is 0 Å². The molecule has 0 aliphatic carbocycles. The molecule has 0 aromatic heterocycles. The Balaban J connectivity index is 2.77. The first kappa shape index (κ1) is 14.9. The molecule has 1 rings (SSSR count). The van der Waals surface area contributed by atoms with E-state index in [-0.39, 0.29) is 17.7 Å². The molecule has 1 unspecified atom stereocenters. The van der Waals surface area contributed by atoms with Crippen LogP contribution in [-0.4, -0.2) is 5.78 Å². The first-order valence-corrected chi connectivity index (χ1v) is 6.68. The molecule has 18 heavy (non-hydrogen) atoms. The van der Waals surface area contributed by atoms with E-state index in [1.807, 2.05) is 13.8 Å². The molecule has 1 atom stereocenters. The van der Waals surface area contributed by atoms with Crippen molar-refractivity contribution >= 4 is 5.78 Å². The third kappa shape index (κ3) is 4.59. The highest BCUT2D eigenvalue weighted by Crippen LogP contribution is 2.21. The van der Waals surface area contributed by atoms with Crippen LogP contribution in [0, 0.1) is 23.6 Å². The molecule has 0 radical (unpaired) electrons. The van der Waals surface area contributed by atoms with Crippen LogP contribution < -0.4 is 0 Å². The van der Waals surface area contributed by atoms with E-state index in [1.165, 1.54) is 12.1 Å². The summed E-state index contributed by atoms with van der Waals surface area (Å²) in [5.74, 6) is 0.699. The first-order chi connectivity index (χ1) is 8.40. The van der Waals surface area contributed by atoms with Crippen LogP contribution in [0.1, 0.15) is 39.7 Å². The van der Waals surface area contributed by atoms with Crippen molar-refractivity contribution in [3.05, 3.63) is 35.6 Å². The molecule has 100 valence electrons. The van der Waals surface area contributed by atoms with Crippen LogP contribution in [0.15, 0.2) is 24.3 Å². The molecule has 0 saturated carbocycles. The maximum Gasteiger partial charge on any atom is 0.138 e. The first-order valence-electron chi connectivity index (χ1n) is 6.68. The van der Waals surface area contributed by atoms with E-state index in [4.69, 9.17) is 0 Å². The predicted octanol–water partition coefficient (Wildman–Crippen LogP) is 4.26.